The standard InChI is InChI=1S/C29H30N4O6/c1-17(28(36)31(3)20-10-12-38-13-11-20)30-27(35)18(2)33-15-23-21(6-5-7-22(23)29(33)37)19-8-9-25-24(14-19)32(4)26(34)16-39-25/h5-9,14,20H,1-2,10-13,15-16H2,3-4H3,(H,30,35). The smallest absolute Gasteiger partial charge is 0.271 e. The van der Waals surface area contributed by atoms with Gasteiger partial charge >= 0.3 is 0 Å². The molecule has 2 aromatic carbocycles. The normalized spacial score (nSPS) is 16.8. The fraction of sp³-hybridized carbons (Fsp3) is 0.310. The zero-order chi connectivity index (χ0) is 27.8. The molecule has 202 valence electrons. The summed E-state index contributed by atoms with van der Waals surface area (Å²) in [5.74, 6) is -0.991. The van der Waals surface area contributed by atoms with Crippen LogP contribution >= 0.6 is 0 Å². The number of hydrogen-bond donors (Lipinski definition) is 1. The third-order valence-corrected chi connectivity index (χ3v) is 7.49. The van der Waals surface area contributed by atoms with Crippen molar-refractivity contribution < 1.29 is 28.7 Å². The molecule has 39 heavy (non-hydrogen) atoms. The molecule has 0 aromatic heterocycles. The Hall–Kier alpha value is -4.44. The van der Waals surface area contributed by atoms with Crippen molar-refractivity contribution in [2.24, 2.45) is 0 Å². The van der Waals surface area contributed by atoms with Crippen molar-refractivity contribution in [3.05, 3.63) is 72.1 Å². The van der Waals surface area contributed by atoms with Gasteiger partial charge in [-0.05, 0) is 47.7 Å². The average molecular weight is 531 g/mol. The van der Waals surface area contributed by atoms with Crippen LogP contribution in [0.15, 0.2) is 61.0 Å². The van der Waals surface area contributed by atoms with Gasteiger partial charge in [0, 0.05) is 38.9 Å². The second-order valence-corrected chi connectivity index (χ2v) is 9.79. The second-order valence-electron chi connectivity index (χ2n) is 9.79. The predicted molar refractivity (Wildman–Crippen MR) is 144 cm³/mol. The van der Waals surface area contributed by atoms with Gasteiger partial charge in [-0.3, -0.25) is 24.1 Å². The summed E-state index contributed by atoms with van der Waals surface area (Å²) in [6.07, 6.45) is 1.42. The van der Waals surface area contributed by atoms with Crippen LogP contribution in [-0.4, -0.2) is 73.4 Å². The molecule has 4 amide bonds. The van der Waals surface area contributed by atoms with E-state index in [9.17, 15) is 19.2 Å². The Morgan fingerprint density at radius 3 is 2.54 bits per heavy atom. The quantitative estimate of drug-likeness (QED) is 0.575. The minimum Gasteiger partial charge on any atom is -0.482 e. The summed E-state index contributed by atoms with van der Waals surface area (Å²) in [5, 5.41) is 2.51. The molecule has 3 heterocycles. The lowest BCUT2D eigenvalue weighted by molar-refractivity contribution is -0.131. The maximum absolute atomic E-state index is 13.3. The summed E-state index contributed by atoms with van der Waals surface area (Å²) in [5.41, 5.74) is 3.24. The minimum atomic E-state index is -0.678. The van der Waals surface area contributed by atoms with Crippen LogP contribution in [0.5, 0.6) is 5.75 Å². The largest absolute Gasteiger partial charge is 0.482 e. The number of nitrogens with one attached hydrogen (secondary N) is 1. The molecule has 1 saturated heterocycles. The van der Waals surface area contributed by atoms with Gasteiger partial charge in [0.25, 0.3) is 23.6 Å². The van der Waals surface area contributed by atoms with Crippen molar-refractivity contribution >= 4 is 29.3 Å². The Bertz CT molecular complexity index is 1410. The van der Waals surface area contributed by atoms with Crippen molar-refractivity contribution in [1.29, 1.82) is 0 Å². The maximum Gasteiger partial charge on any atom is 0.271 e. The zero-order valence-electron chi connectivity index (χ0n) is 22.0. The fourth-order valence-electron chi connectivity index (χ4n) is 5.10. The molecule has 10 nitrogen and oxygen atoms in total. The Kier molecular flexibility index (Phi) is 6.96. The summed E-state index contributed by atoms with van der Waals surface area (Å²) in [6.45, 7) is 8.85. The lowest BCUT2D eigenvalue weighted by atomic mass is 9.96. The fourth-order valence-corrected chi connectivity index (χ4v) is 5.10. The summed E-state index contributed by atoms with van der Waals surface area (Å²) < 4.78 is 10.9. The van der Waals surface area contributed by atoms with E-state index < -0.39 is 11.8 Å². The van der Waals surface area contributed by atoms with Crippen LogP contribution in [0, 0.1) is 0 Å². The van der Waals surface area contributed by atoms with Gasteiger partial charge < -0.3 is 24.6 Å². The van der Waals surface area contributed by atoms with Crippen LogP contribution < -0.4 is 15.0 Å². The van der Waals surface area contributed by atoms with Gasteiger partial charge in [0.05, 0.1) is 17.9 Å². The highest BCUT2D eigenvalue weighted by molar-refractivity contribution is 6.08. The van der Waals surface area contributed by atoms with Gasteiger partial charge in [0.2, 0.25) is 0 Å². The highest BCUT2D eigenvalue weighted by Crippen LogP contribution is 2.39. The Morgan fingerprint density at radius 2 is 1.79 bits per heavy atom. The number of nitrogens with zero attached hydrogens (tertiary/aromatic N) is 3. The van der Waals surface area contributed by atoms with E-state index >= 15 is 0 Å². The lowest BCUT2D eigenvalue weighted by Crippen LogP contribution is -2.44. The number of anilines is 1. The molecule has 0 spiro atoms. The molecule has 3 aliphatic heterocycles. The lowest BCUT2D eigenvalue weighted by Gasteiger charge is -2.31. The zero-order valence-corrected chi connectivity index (χ0v) is 22.0. The highest BCUT2D eigenvalue weighted by atomic mass is 16.5. The van der Waals surface area contributed by atoms with Crippen LogP contribution in [0.1, 0.15) is 28.8 Å². The molecule has 1 fully saturated rings. The van der Waals surface area contributed by atoms with Crippen molar-refractivity contribution in [2.75, 3.05) is 38.8 Å². The van der Waals surface area contributed by atoms with Gasteiger partial charge in [-0.2, -0.15) is 0 Å². The molecule has 0 bridgehead atoms. The van der Waals surface area contributed by atoms with Crippen LogP contribution in [0.4, 0.5) is 5.69 Å². The maximum atomic E-state index is 13.3. The van der Waals surface area contributed by atoms with Crippen LogP contribution in [0.2, 0.25) is 0 Å². The van der Waals surface area contributed by atoms with E-state index in [1.807, 2.05) is 18.2 Å². The summed E-state index contributed by atoms with van der Waals surface area (Å²) in [6, 6.07) is 10.9. The van der Waals surface area contributed by atoms with E-state index in [0.717, 1.165) is 16.7 Å². The van der Waals surface area contributed by atoms with E-state index in [-0.39, 0.29) is 42.4 Å². The molecule has 10 heteroatoms. The third kappa shape index (κ3) is 4.79. The van der Waals surface area contributed by atoms with Gasteiger partial charge in [-0.1, -0.05) is 31.4 Å². The summed E-state index contributed by atoms with van der Waals surface area (Å²) >= 11 is 0. The van der Waals surface area contributed by atoms with E-state index in [0.29, 0.717) is 43.1 Å². The number of carbonyl (C=O) groups excluding carboxylic acids is 4. The Labute approximate surface area is 226 Å². The first-order valence-corrected chi connectivity index (χ1v) is 12.7. The van der Waals surface area contributed by atoms with E-state index in [4.69, 9.17) is 9.47 Å². The number of amides is 4. The van der Waals surface area contributed by atoms with E-state index in [2.05, 4.69) is 18.5 Å². The SMILES string of the molecule is C=C(NC(=O)C(=C)N1Cc2c(cccc2-c2ccc3c(c2)N(C)C(=O)CO3)C1=O)C(=O)N(C)C1CCOCC1. The number of carbonyl (C=O) groups is 4. The monoisotopic (exact) mass is 530 g/mol. The predicted octanol–water partition coefficient (Wildman–Crippen LogP) is 2.45. The Balaban J connectivity index is 1.31. The van der Waals surface area contributed by atoms with Crippen LogP contribution in [0.3, 0.4) is 0 Å². The number of fused-ring (bicyclic) bond motifs is 2. The molecule has 0 aliphatic carbocycles. The molecular formula is C29H30N4O6. The van der Waals surface area contributed by atoms with Gasteiger partial charge in [0.15, 0.2) is 6.61 Å². The molecule has 1 N–H and O–H groups in total. The first kappa shape index (κ1) is 26.2. The number of hydrogen-bond acceptors (Lipinski definition) is 6. The molecule has 3 aliphatic rings. The number of likely N-dealkylation sites (N-methyl/N-ethyl adjacent to an activating group) is 2. The van der Waals surface area contributed by atoms with Crippen LogP contribution in [-0.2, 0) is 25.7 Å². The molecule has 0 unspecified atom stereocenters. The number of rotatable bonds is 6. The van der Waals surface area contributed by atoms with Crippen molar-refractivity contribution in [1.82, 2.24) is 15.1 Å². The molecule has 5 rings (SSSR count). The van der Waals surface area contributed by atoms with Crippen molar-refractivity contribution in [2.45, 2.75) is 25.4 Å². The van der Waals surface area contributed by atoms with Crippen molar-refractivity contribution in [3.63, 3.8) is 0 Å². The first-order chi connectivity index (χ1) is 18.7. The van der Waals surface area contributed by atoms with Gasteiger partial charge in [0.1, 0.15) is 11.4 Å². The average Bonchev–Trinajstić information content (AvgIpc) is 3.30. The van der Waals surface area contributed by atoms with Gasteiger partial charge in [-0.25, -0.2) is 0 Å². The van der Waals surface area contributed by atoms with E-state index in [1.54, 1.807) is 42.1 Å². The topological polar surface area (TPSA) is 108 Å². The van der Waals surface area contributed by atoms with E-state index in [1.165, 1.54) is 4.90 Å². The first-order valence-electron chi connectivity index (χ1n) is 12.7. The van der Waals surface area contributed by atoms with Crippen molar-refractivity contribution in [3.8, 4) is 16.9 Å². The molecular weight excluding hydrogens is 500 g/mol. The molecule has 0 radical (unpaired) electrons. The summed E-state index contributed by atoms with van der Waals surface area (Å²) in [7, 11) is 3.36. The summed E-state index contributed by atoms with van der Waals surface area (Å²) in [4.78, 5) is 55.7. The van der Waals surface area contributed by atoms with Crippen LogP contribution in [0.25, 0.3) is 11.1 Å². The molecule has 0 atom stereocenters. The molecule has 0 saturated carbocycles. The minimum absolute atomic E-state index is 0.00393. The van der Waals surface area contributed by atoms with Gasteiger partial charge in [-0.15, -0.1) is 0 Å². The third-order valence-electron chi connectivity index (χ3n) is 7.49. The highest BCUT2D eigenvalue weighted by Gasteiger charge is 2.34. The number of ether oxygens (including phenoxy) is 2. The Morgan fingerprint density at radius 1 is 1.08 bits per heavy atom. The number of benzene rings is 2. The second kappa shape index (κ2) is 10.4. The molecule has 2 aromatic rings.